The Hall–Kier alpha value is -4.40. The molecule has 40 heavy (non-hydrogen) atoms. The molecule has 0 bridgehead atoms. The van der Waals surface area contributed by atoms with Crippen molar-refractivity contribution in [2.45, 2.75) is 18.8 Å². The molecule has 206 valence electrons. The summed E-state index contributed by atoms with van der Waals surface area (Å²) in [7, 11) is 1.63. The van der Waals surface area contributed by atoms with Gasteiger partial charge in [0.15, 0.2) is 10.3 Å². The number of carbonyl (C=O) groups is 2. The number of rotatable bonds is 10. The Bertz CT molecular complexity index is 1530. The van der Waals surface area contributed by atoms with Crippen molar-refractivity contribution in [2.24, 2.45) is 0 Å². The average Bonchev–Trinajstić information content (AvgIpc) is 3.49. The van der Waals surface area contributed by atoms with Crippen LogP contribution >= 0.6 is 22.7 Å². The molecule has 0 saturated heterocycles. The van der Waals surface area contributed by atoms with Gasteiger partial charge in [0.25, 0.3) is 11.8 Å². The summed E-state index contributed by atoms with van der Waals surface area (Å²) >= 11 is 2.77. The maximum atomic E-state index is 11.9. The molecule has 4 aromatic heterocycles. The third-order valence-corrected chi connectivity index (χ3v) is 7.01. The summed E-state index contributed by atoms with van der Waals surface area (Å²) in [6.07, 6.45) is 5.27. The highest BCUT2D eigenvalue weighted by molar-refractivity contribution is 7.14. The molecule has 1 aliphatic rings. The smallest absolute Gasteiger partial charge is 0.296 e. The maximum Gasteiger partial charge on any atom is 0.296 e. The minimum atomic E-state index is -0.384. The van der Waals surface area contributed by atoms with Gasteiger partial charge in [-0.1, -0.05) is 22.4 Å². The summed E-state index contributed by atoms with van der Waals surface area (Å²) in [5.41, 5.74) is 2.74. The highest BCUT2D eigenvalue weighted by atomic mass is 32.1. The summed E-state index contributed by atoms with van der Waals surface area (Å²) in [6, 6.07) is 10.6. The SMILES string of the molecule is COCCOc1cccc(-c2csc(NC(=O)c3ccno3)n2)c1.O=C(Nc1nc(C2CC2)cs1)c1ccno1. The minimum Gasteiger partial charge on any atom is -0.491 e. The van der Waals surface area contributed by atoms with E-state index in [2.05, 4.69) is 30.9 Å². The van der Waals surface area contributed by atoms with Crippen LogP contribution in [0, 0.1) is 0 Å². The maximum absolute atomic E-state index is 11.9. The van der Waals surface area contributed by atoms with Crippen molar-refractivity contribution >= 4 is 44.8 Å². The lowest BCUT2D eigenvalue weighted by Crippen LogP contribution is -2.10. The van der Waals surface area contributed by atoms with Gasteiger partial charge in [0, 0.05) is 41.5 Å². The quantitative estimate of drug-likeness (QED) is 0.207. The number of hydrogen-bond donors (Lipinski definition) is 2. The van der Waals surface area contributed by atoms with Crippen LogP contribution in [0.15, 0.2) is 68.6 Å². The fourth-order valence-corrected chi connectivity index (χ4v) is 4.85. The number of anilines is 2. The number of amides is 2. The Kier molecular flexibility index (Phi) is 8.90. The van der Waals surface area contributed by atoms with Crippen LogP contribution < -0.4 is 15.4 Å². The van der Waals surface area contributed by atoms with Crippen molar-refractivity contribution in [3.8, 4) is 17.0 Å². The second kappa shape index (κ2) is 13.1. The lowest BCUT2D eigenvalue weighted by Gasteiger charge is -2.06. The van der Waals surface area contributed by atoms with Crippen LogP contribution in [0.1, 0.15) is 45.6 Å². The van der Waals surface area contributed by atoms with Gasteiger partial charge >= 0.3 is 0 Å². The first kappa shape index (κ1) is 27.2. The zero-order valence-electron chi connectivity index (χ0n) is 21.2. The topological polar surface area (TPSA) is 154 Å². The second-order valence-electron chi connectivity index (χ2n) is 8.42. The predicted molar refractivity (Wildman–Crippen MR) is 148 cm³/mol. The van der Waals surface area contributed by atoms with E-state index < -0.39 is 0 Å². The number of aromatic nitrogens is 4. The van der Waals surface area contributed by atoms with Gasteiger partial charge in [-0.3, -0.25) is 20.2 Å². The fourth-order valence-electron chi connectivity index (χ4n) is 3.35. The molecule has 12 nitrogen and oxygen atoms in total. The molecule has 2 N–H and O–H groups in total. The number of benzene rings is 1. The zero-order valence-corrected chi connectivity index (χ0v) is 22.9. The van der Waals surface area contributed by atoms with Crippen LogP contribution in [0.4, 0.5) is 10.3 Å². The summed E-state index contributed by atoms with van der Waals surface area (Å²) < 4.78 is 20.1. The summed E-state index contributed by atoms with van der Waals surface area (Å²) in [4.78, 5) is 32.3. The number of methoxy groups -OCH3 is 1. The number of thiazole rings is 2. The van der Waals surface area contributed by atoms with Crippen molar-refractivity contribution in [2.75, 3.05) is 31.0 Å². The van der Waals surface area contributed by atoms with Gasteiger partial charge in [-0.05, 0) is 25.0 Å². The lowest BCUT2D eigenvalue weighted by molar-refractivity contribution is 0.0980. The molecule has 0 aliphatic heterocycles. The van der Waals surface area contributed by atoms with Crippen molar-refractivity contribution in [3.05, 3.63) is 76.8 Å². The largest absolute Gasteiger partial charge is 0.491 e. The van der Waals surface area contributed by atoms with Gasteiger partial charge in [-0.2, -0.15) is 0 Å². The van der Waals surface area contributed by atoms with Gasteiger partial charge in [-0.25, -0.2) is 9.97 Å². The van der Waals surface area contributed by atoms with Gasteiger partial charge in [0.2, 0.25) is 11.5 Å². The van der Waals surface area contributed by atoms with E-state index in [1.165, 1.54) is 60.0 Å². The van der Waals surface area contributed by atoms with Crippen molar-refractivity contribution < 1.29 is 28.1 Å². The second-order valence-corrected chi connectivity index (χ2v) is 10.1. The lowest BCUT2D eigenvalue weighted by atomic mass is 10.2. The van der Waals surface area contributed by atoms with Gasteiger partial charge in [0.1, 0.15) is 12.4 Å². The molecular weight excluding hydrogens is 556 g/mol. The molecule has 0 radical (unpaired) electrons. The fraction of sp³-hybridized carbons (Fsp3) is 0.231. The first-order valence-corrected chi connectivity index (χ1v) is 13.9. The molecule has 0 unspecified atom stereocenters. The number of nitrogens with zero attached hydrogens (tertiary/aromatic N) is 4. The molecule has 4 heterocycles. The zero-order chi connectivity index (χ0) is 27.7. The monoisotopic (exact) mass is 580 g/mol. The first-order chi connectivity index (χ1) is 19.6. The molecule has 1 fully saturated rings. The Labute approximate surface area is 236 Å². The molecular formula is C26H24N6O6S2. The summed E-state index contributed by atoms with van der Waals surface area (Å²) in [6.45, 7) is 1.01. The molecule has 0 atom stereocenters. The van der Waals surface area contributed by atoms with E-state index in [1.807, 2.05) is 35.0 Å². The van der Waals surface area contributed by atoms with E-state index in [0.29, 0.717) is 29.4 Å². The van der Waals surface area contributed by atoms with Gasteiger partial charge in [-0.15, -0.1) is 22.7 Å². The third-order valence-electron chi connectivity index (χ3n) is 5.47. The molecule has 14 heteroatoms. The average molecular weight is 581 g/mol. The molecule has 1 aromatic carbocycles. The van der Waals surface area contributed by atoms with E-state index in [4.69, 9.17) is 18.5 Å². The number of nitrogens with one attached hydrogen (secondary N) is 2. The van der Waals surface area contributed by atoms with Crippen LogP contribution in [0.2, 0.25) is 0 Å². The summed E-state index contributed by atoms with van der Waals surface area (Å²) in [5.74, 6) is 0.986. The standard InChI is InChI=1S/C16H15N3O4S.C10H9N3O2S/c1-21-7-8-22-12-4-2-3-11(9-12)13-10-24-16(18-13)19-15(20)14-5-6-17-23-14;14-9(8-3-4-11-15-8)13-10-12-7(5-16-10)6-1-2-6/h2-6,9-10H,7-8H2,1H3,(H,18,19,20);3-6H,1-2H2,(H,12,13,14). The number of carbonyl (C=O) groups excluding carboxylic acids is 2. The molecule has 5 aromatic rings. The Morgan fingerprint density at radius 1 is 0.925 bits per heavy atom. The van der Waals surface area contributed by atoms with E-state index in [9.17, 15) is 9.59 Å². The van der Waals surface area contributed by atoms with E-state index in [1.54, 1.807) is 7.11 Å². The number of ether oxygens (including phenoxy) is 2. The van der Waals surface area contributed by atoms with Crippen LogP contribution in [0.25, 0.3) is 11.3 Å². The predicted octanol–water partition coefficient (Wildman–Crippen LogP) is 5.34. The molecule has 0 spiro atoms. The van der Waals surface area contributed by atoms with Crippen LogP contribution in [-0.2, 0) is 4.74 Å². The van der Waals surface area contributed by atoms with Crippen LogP contribution in [0.3, 0.4) is 0 Å². The van der Waals surface area contributed by atoms with Gasteiger partial charge < -0.3 is 18.5 Å². The highest BCUT2D eigenvalue weighted by Gasteiger charge is 2.26. The first-order valence-electron chi connectivity index (χ1n) is 12.2. The normalized spacial score (nSPS) is 12.3. The minimum absolute atomic E-state index is 0.139. The Morgan fingerprint density at radius 2 is 1.60 bits per heavy atom. The number of hydrogen-bond acceptors (Lipinski definition) is 12. The van der Waals surface area contributed by atoms with Gasteiger partial charge in [0.05, 0.1) is 30.4 Å². The van der Waals surface area contributed by atoms with Crippen molar-refractivity contribution in [1.29, 1.82) is 0 Å². The molecule has 2 amide bonds. The van der Waals surface area contributed by atoms with Crippen LogP contribution in [0.5, 0.6) is 5.75 Å². The Balaban J connectivity index is 0.000000174. The van der Waals surface area contributed by atoms with E-state index >= 15 is 0 Å². The van der Waals surface area contributed by atoms with Crippen LogP contribution in [-0.4, -0.2) is 52.4 Å². The highest BCUT2D eigenvalue weighted by Crippen LogP contribution is 2.40. The third kappa shape index (κ3) is 7.37. The van der Waals surface area contributed by atoms with Crippen molar-refractivity contribution in [3.63, 3.8) is 0 Å². The van der Waals surface area contributed by atoms with Crippen molar-refractivity contribution in [1.82, 2.24) is 20.3 Å². The van der Waals surface area contributed by atoms with E-state index in [-0.39, 0.29) is 23.3 Å². The molecule has 1 saturated carbocycles. The molecule has 6 rings (SSSR count). The Morgan fingerprint density at radius 3 is 2.23 bits per heavy atom. The van der Waals surface area contributed by atoms with E-state index in [0.717, 1.165) is 22.7 Å². The summed E-state index contributed by atoms with van der Waals surface area (Å²) in [5, 5.41) is 17.3. The molecule has 1 aliphatic carbocycles.